The van der Waals surface area contributed by atoms with Crippen LogP contribution in [0.5, 0.6) is 0 Å². The van der Waals surface area contributed by atoms with Crippen LogP contribution in [0.15, 0.2) is 42.7 Å². The zero-order valence-corrected chi connectivity index (χ0v) is 11.2. The lowest BCUT2D eigenvalue weighted by Gasteiger charge is -2.23. The molecule has 0 saturated carbocycles. The van der Waals surface area contributed by atoms with Crippen LogP contribution in [0, 0.1) is 13.8 Å². The van der Waals surface area contributed by atoms with Crippen LogP contribution in [-0.4, -0.2) is 4.98 Å². The molecule has 1 heterocycles. The number of nitrogens with zero attached hydrogens (tertiary/aromatic N) is 1. The van der Waals surface area contributed by atoms with Crippen LogP contribution in [0.1, 0.15) is 41.1 Å². The summed E-state index contributed by atoms with van der Waals surface area (Å²) in [5, 5.41) is 0. The lowest BCUT2D eigenvalue weighted by atomic mass is 9.86. The van der Waals surface area contributed by atoms with Gasteiger partial charge in [0.1, 0.15) is 0 Å². The Morgan fingerprint density at radius 1 is 1.06 bits per heavy atom. The van der Waals surface area contributed by atoms with Gasteiger partial charge >= 0.3 is 0 Å². The molecule has 2 atom stereocenters. The fourth-order valence-corrected chi connectivity index (χ4v) is 2.28. The van der Waals surface area contributed by atoms with Gasteiger partial charge in [0, 0.05) is 24.4 Å². The number of aryl methyl sites for hydroxylation is 1. The molecule has 0 saturated heterocycles. The molecule has 0 radical (unpaired) electrons. The van der Waals surface area contributed by atoms with Crippen molar-refractivity contribution >= 4 is 0 Å². The number of pyridine rings is 1. The SMILES string of the molecule is Cc1cccc(C(N)C(C)c2ccncc2)c1C. The Kier molecular flexibility index (Phi) is 3.78. The maximum absolute atomic E-state index is 6.42. The highest BCUT2D eigenvalue weighted by Gasteiger charge is 2.18. The van der Waals surface area contributed by atoms with Crippen molar-refractivity contribution in [1.82, 2.24) is 4.98 Å². The lowest BCUT2D eigenvalue weighted by Crippen LogP contribution is -2.19. The highest BCUT2D eigenvalue weighted by molar-refractivity contribution is 5.37. The van der Waals surface area contributed by atoms with Gasteiger partial charge in [-0.3, -0.25) is 4.98 Å². The van der Waals surface area contributed by atoms with Crippen molar-refractivity contribution < 1.29 is 0 Å². The molecule has 0 spiro atoms. The molecule has 0 fully saturated rings. The average molecular weight is 240 g/mol. The number of benzene rings is 1. The van der Waals surface area contributed by atoms with Crippen LogP contribution in [0.3, 0.4) is 0 Å². The van der Waals surface area contributed by atoms with E-state index in [0.29, 0.717) is 0 Å². The average Bonchev–Trinajstić information content (AvgIpc) is 2.41. The molecule has 2 nitrogen and oxygen atoms in total. The van der Waals surface area contributed by atoms with Gasteiger partial charge in [0.2, 0.25) is 0 Å². The predicted molar refractivity (Wildman–Crippen MR) is 75.5 cm³/mol. The first-order chi connectivity index (χ1) is 8.61. The van der Waals surface area contributed by atoms with Crippen molar-refractivity contribution in [1.29, 1.82) is 0 Å². The van der Waals surface area contributed by atoms with Gasteiger partial charge in [-0.25, -0.2) is 0 Å². The van der Waals surface area contributed by atoms with E-state index in [4.69, 9.17) is 5.73 Å². The van der Waals surface area contributed by atoms with Crippen molar-refractivity contribution in [2.24, 2.45) is 5.73 Å². The van der Waals surface area contributed by atoms with Gasteiger partial charge in [-0.2, -0.15) is 0 Å². The molecular weight excluding hydrogens is 220 g/mol. The van der Waals surface area contributed by atoms with Gasteiger partial charge in [-0.05, 0) is 48.2 Å². The fraction of sp³-hybridized carbons (Fsp3) is 0.312. The number of hydrogen-bond donors (Lipinski definition) is 1. The Balaban J connectivity index is 2.31. The first-order valence-electron chi connectivity index (χ1n) is 6.33. The van der Waals surface area contributed by atoms with Crippen LogP contribution in [-0.2, 0) is 0 Å². The molecule has 0 aliphatic carbocycles. The van der Waals surface area contributed by atoms with E-state index < -0.39 is 0 Å². The van der Waals surface area contributed by atoms with Gasteiger partial charge in [0.05, 0.1) is 0 Å². The maximum Gasteiger partial charge on any atom is 0.0364 e. The van der Waals surface area contributed by atoms with E-state index in [1.54, 1.807) is 0 Å². The maximum atomic E-state index is 6.42. The number of rotatable bonds is 3. The molecule has 2 heteroatoms. The van der Waals surface area contributed by atoms with Crippen LogP contribution in [0.2, 0.25) is 0 Å². The van der Waals surface area contributed by atoms with E-state index >= 15 is 0 Å². The first-order valence-corrected chi connectivity index (χ1v) is 6.33. The fourth-order valence-electron chi connectivity index (χ4n) is 2.28. The van der Waals surface area contributed by atoms with E-state index in [1.807, 2.05) is 24.5 Å². The van der Waals surface area contributed by atoms with E-state index in [9.17, 15) is 0 Å². The second-order valence-electron chi connectivity index (χ2n) is 4.88. The molecule has 1 aromatic heterocycles. The summed E-state index contributed by atoms with van der Waals surface area (Å²) in [6.45, 7) is 6.44. The molecule has 2 aromatic rings. The second kappa shape index (κ2) is 5.32. The van der Waals surface area contributed by atoms with Crippen LogP contribution in [0.4, 0.5) is 0 Å². The molecule has 94 valence electrons. The molecule has 2 rings (SSSR count). The van der Waals surface area contributed by atoms with Crippen LogP contribution in [0.25, 0.3) is 0 Å². The second-order valence-corrected chi connectivity index (χ2v) is 4.88. The normalized spacial score (nSPS) is 14.2. The van der Waals surface area contributed by atoms with E-state index in [1.165, 1.54) is 22.3 Å². The van der Waals surface area contributed by atoms with E-state index in [0.717, 1.165) is 0 Å². The Labute approximate surface area is 109 Å². The third kappa shape index (κ3) is 2.44. The summed E-state index contributed by atoms with van der Waals surface area (Å²) in [4.78, 5) is 4.05. The Morgan fingerprint density at radius 2 is 1.72 bits per heavy atom. The summed E-state index contributed by atoms with van der Waals surface area (Å²) in [7, 11) is 0. The van der Waals surface area contributed by atoms with Gasteiger partial charge in [0.15, 0.2) is 0 Å². The van der Waals surface area contributed by atoms with Crippen LogP contribution >= 0.6 is 0 Å². The topological polar surface area (TPSA) is 38.9 Å². The van der Waals surface area contributed by atoms with E-state index in [2.05, 4.69) is 44.0 Å². The summed E-state index contributed by atoms with van der Waals surface area (Å²) >= 11 is 0. The third-order valence-corrected chi connectivity index (χ3v) is 3.78. The highest BCUT2D eigenvalue weighted by Crippen LogP contribution is 2.30. The highest BCUT2D eigenvalue weighted by atomic mass is 14.7. The third-order valence-electron chi connectivity index (χ3n) is 3.78. The summed E-state index contributed by atoms with van der Waals surface area (Å²) in [5.41, 5.74) is 11.5. The minimum atomic E-state index is 0.0206. The molecule has 18 heavy (non-hydrogen) atoms. The molecule has 2 N–H and O–H groups in total. The Bertz CT molecular complexity index is 520. The van der Waals surface area contributed by atoms with Crippen molar-refractivity contribution in [2.45, 2.75) is 32.7 Å². The molecule has 1 aromatic carbocycles. The zero-order chi connectivity index (χ0) is 13.1. The van der Waals surface area contributed by atoms with Crippen molar-refractivity contribution in [3.05, 3.63) is 65.0 Å². The quantitative estimate of drug-likeness (QED) is 0.891. The Morgan fingerprint density at radius 3 is 2.39 bits per heavy atom. The van der Waals surface area contributed by atoms with Gasteiger partial charge in [-0.15, -0.1) is 0 Å². The number of nitrogens with two attached hydrogens (primary N) is 1. The Hall–Kier alpha value is -1.67. The lowest BCUT2D eigenvalue weighted by molar-refractivity contribution is 0.594. The molecule has 2 unspecified atom stereocenters. The predicted octanol–water partition coefficient (Wildman–Crippen LogP) is 3.50. The molecule has 0 bridgehead atoms. The standard InChI is InChI=1S/C16H20N2/c1-11-5-4-6-15(12(11)2)16(17)13(3)14-7-9-18-10-8-14/h4-10,13,16H,17H2,1-3H3. The summed E-state index contributed by atoms with van der Waals surface area (Å²) in [5.74, 6) is 0.286. The van der Waals surface area contributed by atoms with Gasteiger partial charge in [-0.1, -0.05) is 25.1 Å². The summed E-state index contributed by atoms with van der Waals surface area (Å²) in [6.07, 6.45) is 3.64. The zero-order valence-electron chi connectivity index (χ0n) is 11.2. The molecule has 0 aliphatic heterocycles. The van der Waals surface area contributed by atoms with Crippen molar-refractivity contribution in [2.75, 3.05) is 0 Å². The monoisotopic (exact) mass is 240 g/mol. The smallest absolute Gasteiger partial charge is 0.0364 e. The van der Waals surface area contributed by atoms with Gasteiger partial charge in [0.25, 0.3) is 0 Å². The van der Waals surface area contributed by atoms with Crippen LogP contribution < -0.4 is 5.73 Å². The van der Waals surface area contributed by atoms with Crippen molar-refractivity contribution in [3.8, 4) is 0 Å². The minimum absolute atomic E-state index is 0.0206. The largest absolute Gasteiger partial charge is 0.323 e. The first kappa shape index (κ1) is 12.8. The van der Waals surface area contributed by atoms with Gasteiger partial charge < -0.3 is 5.73 Å². The molecule has 0 aliphatic rings. The minimum Gasteiger partial charge on any atom is -0.323 e. The molecular formula is C16H20N2. The van der Waals surface area contributed by atoms with Crippen molar-refractivity contribution in [3.63, 3.8) is 0 Å². The molecule has 0 amide bonds. The summed E-state index contributed by atoms with van der Waals surface area (Å²) in [6, 6.07) is 10.4. The summed E-state index contributed by atoms with van der Waals surface area (Å²) < 4.78 is 0. The number of aromatic nitrogens is 1. The number of hydrogen-bond acceptors (Lipinski definition) is 2. The van der Waals surface area contributed by atoms with E-state index in [-0.39, 0.29) is 12.0 Å².